The molecule has 1 N–H and O–H groups in total. The van der Waals surface area contributed by atoms with Gasteiger partial charge in [-0.1, -0.05) is 6.42 Å². The van der Waals surface area contributed by atoms with Crippen molar-refractivity contribution in [1.82, 2.24) is 10.2 Å². The highest BCUT2D eigenvalue weighted by atomic mass is 16.5. The van der Waals surface area contributed by atoms with Gasteiger partial charge in [0.25, 0.3) is 0 Å². The van der Waals surface area contributed by atoms with Crippen LogP contribution in [0.1, 0.15) is 39.0 Å². The summed E-state index contributed by atoms with van der Waals surface area (Å²) in [5.74, 6) is 0. The van der Waals surface area contributed by atoms with Crippen LogP contribution in [-0.4, -0.2) is 49.8 Å². The molecule has 2 saturated heterocycles. The molecule has 2 aliphatic rings. The molecule has 2 rings (SSSR count). The molecule has 0 radical (unpaired) electrons. The normalized spacial score (nSPS) is 36.8. The smallest absolute Gasteiger partial charge is 0.0703 e. The number of rotatable bonds is 4. The molecule has 0 aromatic rings. The minimum Gasteiger partial charge on any atom is -0.377 e. The van der Waals surface area contributed by atoms with Crippen LogP contribution in [0.4, 0.5) is 0 Å². The molecule has 2 aliphatic heterocycles. The predicted molar refractivity (Wildman–Crippen MR) is 66.7 cm³/mol. The number of nitrogens with one attached hydrogen (secondary N) is 1. The molecular formula is C13H26N2O. The van der Waals surface area contributed by atoms with E-state index in [0.717, 1.165) is 19.2 Å². The molecule has 3 unspecified atom stereocenters. The van der Waals surface area contributed by atoms with E-state index in [4.69, 9.17) is 4.74 Å². The van der Waals surface area contributed by atoms with Gasteiger partial charge in [-0.3, -0.25) is 4.90 Å². The van der Waals surface area contributed by atoms with Crippen LogP contribution in [0.15, 0.2) is 0 Å². The zero-order chi connectivity index (χ0) is 11.4. The number of hydrogen-bond acceptors (Lipinski definition) is 3. The summed E-state index contributed by atoms with van der Waals surface area (Å²) in [5, 5.41) is 3.28. The van der Waals surface area contributed by atoms with Gasteiger partial charge < -0.3 is 10.1 Å². The fourth-order valence-electron chi connectivity index (χ4n) is 3.24. The first kappa shape index (κ1) is 12.3. The molecule has 16 heavy (non-hydrogen) atoms. The molecule has 2 fully saturated rings. The van der Waals surface area contributed by atoms with Gasteiger partial charge in [0.05, 0.1) is 6.10 Å². The third-order valence-corrected chi connectivity index (χ3v) is 4.16. The molecule has 0 aliphatic carbocycles. The van der Waals surface area contributed by atoms with Crippen LogP contribution in [-0.2, 0) is 4.74 Å². The number of likely N-dealkylation sites (tertiary alicyclic amines) is 1. The summed E-state index contributed by atoms with van der Waals surface area (Å²) in [5.41, 5.74) is 0. The van der Waals surface area contributed by atoms with Crippen molar-refractivity contribution in [2.24, 2.45) is 0 Å². The number of nitrogens with zero attached hydrogens (tertiary/aromatic N) is 1. The molecule has 3 heteroatoms. The fourth-order valence-corrected chi connectivity index (χ4v) is 3.24. The van der Waals surface area contributed by atoms with E-state index in [-0.39, 0.29) is 0 Å². The minimum absolute atomic E-state index is 0.440. The van der Waals surface area contributed by atoms with E-state index in [1.807, 2.05) is 0 Å². The Labute approximate surface area is 99.5 Å². The third-order valence-electron chi connectivity index (χ3n) is 4.16. The first-order valence-corrected chi connectivity index (χ1v) is 6.85. The highest BCUT2D eigenvalue weighted by molar-refractivity contribution is 4.88. The lowest BCUT2D eigenvalue weighted by molar-refractivity contribution is 0.0349. The topological polar surface area (TPSA) is 24.5 Å². The Hall–Kier alpha value is -0.120. The Morgan fingerprint density at radius 3 is 2.88 bits per heavy atom. The molecule has 2 heterocycles. The molecule has 3 atom stereocenters. The number of piperidine rings is 1. The average Bonchev–Trinajstić information content (AvgIpc) is 2.73. The van der Waals surface area contributed by atoms with Crippen LogP contribution < -0.4 is 5.32 Å². The van der Waals surface area contributed by atoms with Crippen LogP contribution in [0.3, 0.4) is 0 Å². The van der Waals surface area contributed by atoms with Crippen molar-refractivity contribution >= 4 is 0 Å². The van der Waals surface area contributed by atoms with E-state index in [0.29, 0.717) is 12.1 Å². The van der Waals surface area contributed by atoms with Crippen LogP contribution in [0, 0.1) is 0 Å². The van der Waals surface area contributed by atoms with Gasteiger partial charge in [0, 0.05) is 18.7 Å². The van der Waals surface area contributed by atoms with Gasteiger partial charge in [0.2, 0.25) is 0 Å². The van der Waals surface area contributed by atoms with Gasteiger partial charge in [0.1, 0.15) is 0 Å². The Kier molecular flexibility index (Phi) is 4.62. The summed E-state index contributed by atoms with van der Waals surface area (Å²) in [6.07, 6.45) is 7.13. The van der Waals surface area contributed by atoms with Crippen LogP contribution in [0.2, 0.25) is 0 Å². The lowest BCUT2D eigenvalue weighted by Crippen LogP contribution is -2.49. The monoisotopic (exact) mass is 226 g/mol. The van der Waals surface area contributed by atoms with Gasteiger partial charge in [-0.05, 0) is 52.7 Å². The van der Waals surface area contributed by atoms with Gasteiger partial charge in [0.15, 0.2) is 0 Å². The Morgan fingerprint density at radius 1 is 1.31 bits per heavy atom. The minimum atomic E-state index is 0.440. The van der Waals surface area contributed by atoms with Crippen molar-refractivity contribution in [1.29, 1.82) is 0 Å². The first-order valence-electron chi connectivity index (χ1n) is 6.85. The van der Waals surface area contributed by atoms with Crippen molar-refractivity contribution in [3.63, 3.8) is 0 Å². The molecule has 3 nitrogen and oxygen atoms in total. The summed E-state index contributed by atoms with van der Waals surface area (Å²) >= 11 is 0. The van der Waals surface area contributed by atoms with Crippen LogP contribution >= 0.6 is 0 Å². The largest absolute Gasteiger partial charge is 0.377 e. The molecule has 0 saturated carbocycles. The summed E-state index contributed by atoms with van der Waals surface area (Å²) in [6, 6.07) is 1.47. The molecule has 94 valence electrons. The maximum Gasteiger partial charge on any atom is 0.0703 e. The van der Waals surface area contributed by atoms with Crippen LogP contribution in [0.25, 0.3) is 0 Å². The van der Waals surface area contributed by atoms with Gasteiger partial charge in [-0.15, -0.1) is 0 Å². The second-order valence-electron chi connectivity index (χ2n) is 5.21. The Bertz CT molecular complexity index is 210. The van der Waals surface area contributed by atoms with Gasteiger partial charge >= 0.3 is 0 Å². The number of hydrogen-bond donors (Lipinski definition) is 1. The summed E-state index contributed by atoms with van der Waals surface area (Å²) in [4.78, 5) is 2.73. The van der Waals surface area contributed by atoms with Crippen molar-refractivity contribution in [3.05, 3.63) is 0 Å². The molecule has 0 bridgehead atoms. The third kappa shape index (κ3) is 2.76. The Balaban J connectivity index is 1.92. The Morgan fingerprint density at radius 2 is 2.19 bits per heavy atom. The van der Waals surface area contributed by atoms with Gasteiger partial charge in [-0.25, -0.2) is 0 Å². The van der Waals surface area contributed by atoms with E-state index in [1.165, 1.54) is 38.6 Å². The van der Waals surface area contributed by atoms with Crippen molar-refractivity contribution in [3.8, 4) is 0 Å². The van der Waals surface area contributed by atoms with Crippen molar-refractivity contribution < 1.29 is 4.74 Å². The lowest BCUT2D eigenvalue weighted by Gasteiger charge is -2.41. The standard InChI is InChI=1S/C13H26N2O/c1-11-13(7-10-16-11)15-9-4-3-5-12(15)6-8-14-2/h11-14H,3-10H2,1-2H3. The first-order chi connectivity index (χ1) is 7.83. The molecule has 0 amide bonds. The molecule has 0 aromatic carbocycles. The van der Waals surface area contributed by atoms with Crippen molar-refractivity contribution in [2.75, 3.05) is 26.7 Å². The van der Waals surface area contributed by atoms with E-state index in [9.17, 15) is 0 Å². The lowest BCUT2D eigenvalue weighted by atomic mass is 9.95. The summed E-state index contributed by atoms with van der Waals surface area (Å²) in [7, 11) is 2.05. The zero-order valence-electron chi connectivity index (χ0n) is 10.7. The quantitative estimate of drug-likeness (QED) is 0.788. The summed E-state index contributed by atoms with van der Waals surface area (Å²) in [6.45, 7) is 5.62. The maximum atomic E-state index is 5.71. The average molecular weight is 226 g/mol. The molecule has 0 spiro atoms. The highest BCUT2D eigenvalue weighted by Crippen LogP contribution is 2.28. The maximum absolute atomic E-state index is 5.71. The summed E-state index contributed by atoms with van der Waals surface area (Å²) < 4.78 is 5.71. The SMILES string of the molecule is CNCCC1CCCCN1C1CCOC1C. The van der Waals surface area contributed by atoms with Gasteiger partial charge in [-0.2, -0.15) is 0 Å². The van der Waals surface area contributed by atoms with E-state index < -0.39 is 0 Å². The van der Waals surface area contributed by atoms with Crippen molar-refractivity contribution in [2.45, 2.75) is 57.2 Å². The molecule has 0 aromatic heterocycles. The highest BCUT2D eigenvalue weighted by Gasteiger charge is 2.34. The van der Waals surface area contributed by atoms with Crippen LogP contribution in [0.5, 0.6) is 0 Å². The zero-order valence-corrected chi connectivity index (χ0v) is 10.7. The van der Waals surface area contributed by atoms with E-state index in [2.05, 4.69) is 24.2 Å². The second-order valence-corrected chi connectivity index (χ2v) is 5.21. The second kappa shape index (κ2) is 5.99. The van der Waals surface area contributed by atoms with E-state index >= 15 is 0 Å². The fraction of sp³-hybridized carbons (Fsp3) is 1.00. The molecular weight excluding hydrogens is 200 g/mol. The number of ether oxygens (including phenoxy) is 1. The predicted octanol–water partition coefficient (Wildman–Crippen LogP) is 1.63. The van der Waals surface area contributed by atoms with E-state index in [1.54, 1.807) is 0 Å².